The highest BCUT2D eigenvalue weighted by atomic mass is 28.4. The number of ether oxygens (including phenoxy) is 6. The summed E-state index contributed by atoms with van der Waals surface area (Å²) in [5.74, 6) is -4.23. The van der Waals surface area contributed by atoms with Gasteiger partial charge in [0.1, 0.15) is 29.0 Å². The van der Waals surface area contributed by atoms with E-state index in [0.717, 1.165) is 29.4 Å². The minimum absolute atomic E-state index is 0.0499. The normalized spacial score (nSPS) is 21.2. The molecular weight excluding hydrogens is 1130 g/mol. The van der Waals surface area contributed by atoms with Gasteiger partial charge < -0.3 is 51.2 Å². The maximum absolute atomic E-state index is 15.0. The van der Waals surface area contributed by atoms with Gasteiger partial charge in [-0.05, 0) is 110 Å². The average molecular weight is 1250 g/mol. The third-order valence-electron chi connectivity index (χ3n) is 19.9. The largest absolute Gasteiger partial charge is 0.497 e. The van der Waals surface area contributed by atoms with Gasteiger partial charge >= 0.3 is 11.9 Å². The summed E-state index contributed by atoms with van der Waals surface area (Å²) in [6.07, 6.45) is -4.00. The minimum Gasteiger partial charge on any atom is -0.497 e. The summed E-state index contributed by atoms with van der Waals surface area (Å²) in [5.41, 5.74) is 0.870. The van der Waals surface area contributed by atoms with E-state index in [4.69, 9.17) is 46.1 Å². The van der Waals surface area contributed by atoms with Crippen LogP contribution in [-0.4, -0.2) is 145 Å². The van der Waals surface area contributed by atoms with Gasteiger partial charge in [-0.15, -0.1) is 0 Å². The summed E-state index contributed by atoms with van der Waals surface area (Å²) in [5, 5.41) is 12.0. The maximum Gasteiger partial charge on any atom is 0.336 e. The number of esters is 2. The van der Waals surface area contributed by atoms with Crippen LogP contribution in [0.25, 0.3) is 0 Å². The van der Waals surface area contributed by atoms with Crippen LogP contribution in [0.5, 0.6) is 5.75 Å². The Bertz CT molecular complexity index is 2270. The van der Waals surface area contributed by atoms with Crippen molar-refractivity contribution in [3.05, 3.63) is 41.5 Å². The summed E-state index contributed by atoms with van der Waals surface area (Å²) in [4.78, 5) is 56.3. The van der Waals surface area contributed by atoms with Crippen molar-refractivity contribution in [2.45, 2.75) is 272 Å². The molecule has 1 unspecified atom stereocenters. The van der Waals surface area contributed by atoms with Crippen molar-refractivity contribution in [1.29, 1.82) is 0 Å². The fraction of sp³-hybridized carbons (Fsp3) is 0.815. The lowest BCUT2D eigenvalue weighted by Gasteiger charge is -2.47. The molecule has 0 amide bonds. The highest BCUT2D eigenvalue weighted by Gasteiger charge is 2.65. The Morgan fingerprint density at radius 2 is 1.18 bits per heavy atom. The zero-order chi connectivity index (χ0) is 65.1. The van der Waals surface area contributed by atoms with Gasteiger partial charge in [0, 0.05) is 56.0 Å². The molecule has 1 N–H and O–H groups in total. The summed E-state index contributed by atoms with van der Waals surface area (Å²) in [6, 6.07) is 10.2. The smallest absolute Gasteiger partial charge is 0.336 e. The number of carbonyl (C=O) groups excluding carboxylic acids is 4. The zero-order valence-corrected chi connectivity index (χ0v) is 62.0. The second-order valence-electron chi connectivity index (χ2n) is 29.3. The molecule has 1 aliphatic heterocycles. The molecule has 0 bridgehead atoms. The lowest BCUT2D eigenvalue weighted by molar-refractivity contribution is -0.161. The Balaban J connectivity index is 2.76. The topological polar surface area (TPSA) is 184 Å². The molecule has 1 fully saturated rings. The van der Waals surface area contributed by atoms with Crippen LogP contribution in [0.3, 0.4) is 0 Å². The van der Waals surface area contributed by atoms with Gasteiger partial charge in [-0.2, -0.15) is 0 Å². The number of benzene rings is 1. The Morgan fingerprint density at radius 3 is 1.62 bits per heavy atom. The van der Waals surface area contributed by atoms with Crippen molar-refractivity contribution in [1.82, 2.24) is 0 Å². The third kappa shape index (κ3) is 20.3. The molecule has 0 spiro atoms. The average Bonchev–Trinajstić information content (AvgIpc) is 2.05. The van der Waals surface area contributed by atoms with Gasteiger partial charge in [-0.1, -0.05) is 136 Å². The van der Waals surface area contributed by atoms with E-state index in [1.165, 1.54) is 21.1 Å². The van der Waals surface area contributed by atoms with Gasteiger partial charge in [0.15, 0.2) is 39.4 Å². The second-order valence-corrected chi connectivity index (χ2v) is 48.2. The number of Topliss-reactive ketones (excluding diaryl/α,β-unsaturated/α-hetero) is 2. The van der Waals surface area contributed by atoms with Gasteiger partial charge in [0.05, 0.1) is 64.6 Å². The zero-order valence-electron chi connectivity index (χ0n) is 58.0. The van der Waals surface area contributed by atoms with Crippen molar-refractivity contribution < 1.29 is 70.4 Å². The van der Waals surface area contributed by atoms with E-state index < -0.39 is 117 Å². The molecule has 1 aliphatic rings. The van der Waals surface area contributed by atoms with Crippen LogP contribution in [0, 0.1) is 35.5 Å². The predicted octanol–water partition coefficient (Wildman–Crippen LogP) is 14.3. The van der Waals surface area contributed by atoms with Crippen LogP contribution >= 0.6 is 0 Å². The fourth-order valence-corrected chi connectivity index (χ4v) is 17.5. The highest BCUT2D eigenvalue weighted by molar-refractivity contribution is 6.75. The Morgan fingerprint density at radius 1 is 0.690 bits per heavy atom. The number of aliphatic hydroxyl groups excluding tert-OH is 1. The molecule has 1 heterocycles. The second kappa shape index (κ2) is 31.4. The molecule has 0 radical (unpaired) electrons. The van der Waals surface area contributed by atoms with E-state index in [9.17, 15) is 24.3 Å². The van der Waals surface area contributed by atoms with Crippen molar-refractivity contribution in [3.8, 4) is 5.75 Å². The van der Waals surface area contributed by atoms with Crippen molar-refractivity contribution in [3.63, 3.8) is 0 Å². The third-order valence-corrected chi connectivity index (χ3v) is 37.9. The molecule has 1 aromatic rings. The molecule has 19 heteroatoms. The summed E-state index contributed by atoms with van der Waals surface area (Å²) >= 11 is 0. The molecule has 1 saturated heterocycles. The van der Waals surface area contributed by atoms with Crippen LogP contribution in [0.15, 0.2) is 35.9 Å². The molecular formula is C65H120O15Si4. The molecule has 2 rings (SSSR count). The molecule has 84 heavy (non-hydrogen) atoms. The Hall–Kier alpha value is -2.41. The van der Waals surface area contributed by atoms with E-state index in [0.29, 0.717) is 18.8 Å². The number of ketones is 2. The first-order chi connectivity index (χ1) is 38.3. The fourth-order valence-electron chi connectivity index (χ4n) is 10.5. The molecule has 0 saturated carbocycles. The number of hydrogen-bond acceptors (Lipinski definition) is 15. The molecule has 0 aliphatic carbocycles. The number of carbonyl (C=O) groups is 4. The van der Waals surface area contributed by atoms with Crippen molar-refractivity contribution in [2.24, 2.45) is 35.5 Å². The van der Waals surface area contributed by atoms with Crippen LogP contribution in [0.1, 0.15) is 150 Å². The summed E-state index contributed by atoms with van der Waals surface area (Å²) in [6.45, 7) is 54.1. The standard InChI is InChI=1S/C65H120O15Si4/c1-30-84(31-2,32-3)79-56(51(41-75-48(10)66)60(80-83(28,29)64(17,18)19)65(20)59(76-65)44(6)39-74-40-49-33-35-50(71-21)36-34-49)45(7)53(68)38-52(67)42(4)37-43(5)55(77-81(24,25)62(11,12)13)46(8)54(69)47(9)57(72-22)58(61(70)73-23)78-82(26,27)63(14,15)16/h33-37,42,44-47,51,53,55-60,68H,30-32,38-41H2,1-29H3/b43-37+/t42-,44-,45+,46-,47+,51-,53?,55-,56+,57-,58+,59+,60-,65-/m0/s1. The number of rotatable bonds is 36. The number of methoxy groups -OCH3 is 3. The lowest BCUT2D eigenvalue weighted by Crippen LogP contribution is -2.58. The van der Waals surface area contributed by atoms with Gasteiger partial charge in [-0.25, -0.2) is 4.79 Å². The summed E-state index contributed by atoms with van der Waals surface area (Å²) < 4.78 is 64.8. The SMILES string of the molecule is CC[Si](CC)(CC)O[C@@H]([C@H](COC(C)=O)[C@H](O[Si](C)(C)C(C)(C)C)[C@@]1(C)O[C@@H]1[C@@H](C)COCc1ccc(OC)cc1)[C@H](C)C(O)CC(=O)[C@@H](C)/C=C(\C)[C@H](O[Si](C)(C)C(C)(C)C)[C@@H](C)C(=O)[C@@H](C)[C@H](OC)[C@@H](O[Si](C)(C)C(C)(C)C)C(=O)OC. The van der Waals surface area contributed by atoms with Crippen LogP contribution in [0.2, 0.25) is 72.5 Å². The first kappa shape index (κ1) is 77.7. The van der Waals surface area contributed by atoms with E-state index in [1.807, 2.05) is 71.1 Å². The van der Waals surface area contributed by atoms with Crippen molar-refractivity contribution in [2.75, 3.05) is 34.5 Å². The molecule has 0 aromatic heterocycles. The van der Waals surface area contributed by atoms with Crippen molar-refractivity contribution >= 4 is 56.8 Å². The molecule has 486 valence electrons. The van der Waals surface area contributed by atoms with Gasteiger partial charge in [0.2, 0.25) is 0 Å². The Kier molecular flexibility index (Phi) is 29.0. The lowest BCUT2D eigenvalue weighted by atomic mass is 9.78. The van der Waals surface area contributed by atoms with E-state index in [1.54, 1.807) is 14.0 Å². The quantitative estimate of drug-likeness (QED) is 0.0289. The number of allylic oxidation sites excluding steroid dienone is 1. The summed E-state index contributed by atoms with van der Waals surface area (Å²) in [7, 11) is -5.86. The Labute approximate surface area is 514 Å². The van der Waals surface area contributed by atoms with Crippen LogP contribution in [-0.2, 0) is 67.2 Å². The maximum atomic E-state index is 15.0. The van der Waals surface area contributed by atoms with Crippen LogP contribution in [0.4, 0.5) is 0 Å². The van der Waals surface area contributed by atoms with Gasteiger partial charge in [0.25, 0.3) is 0 Å². The molecule has 15 nitrogen and oxygen atoms in total. The molecule has 1 aromatic carbocycles. The first-order valence-electron chi connectivity index (χ1n) is 31.1. The molecule has 14 atom stereocenters. The highest BCUT2D eigenvalue weighted by Crippen LogP contribution is 2.52. The monoisotopic (exact) mass is 1250 g/mol. The van der Waals surface area contributed by atoms with Gasteiger partial charge in [-0.3, -0.25) is 14.4 Å². The van der Waals surface area contributed by atoms with E-state index in [2.05, 4.69) is 123 Å². The minimum atomic E-state index is -2.63. The van der Waals surface area contributed by atoms with E-state index >= 15 is 0 Å². The van der Waals surface area contributed by atoms with E-state index in [-0.39, 0.29) is 51.7 Å². The predicted molar refractivity (Wildman–Crippen MR) is 347 cm³/mol. The first-order valence-corrected chi connectivity index (χ1v) is 42.3. The number of epoxide rings is 1. The number of hydrogen-bond donors (Lipinski definition) is 1. The number of aliphatic hydroxyl groups is 1. The van der Waals surface area contributed by atoms with Crippen LogP contribution < -0.4 is 4.74 Å².